The molecule has 3 nitrogen and oxygen atoms in total. The van der Waals surface area contributed by atoms with E-state index < -0.39 is 5.54 Å². The smallest absolute Gasteiger partial charge is 0.227 e. The van der Waals surface area contributed by atoms with Crippen LogP contribution in [0.5, 0.6) is 0 Å². The Balaban J connectivity index is 2.79. The lowest BCUT2D eigenvalue weighted by atomic mass is 9.77. The molecule has 3 heteroatoms. The van der Waals surface area contributed by atoms with Crippen molar-refractivity contribution in [3.8, 4) is 6.07 Å². The quantitative estimate of drug-likeness (QED) is 0.815. The minimum absolute atomic E-state index is 0.0789. The van der Waals surface area contributed by atoms with Crippen molar-refractivity contribution >= 4 is 5.91 Å². The van der Waals surface area contributed by atoms with Gasteiger partial charge in [0.1, 0.15) is 5.54 Å². The zero-order valence-electron chi connectivity index (χ0n) is 11.5. The van der Waals surface area contributed by atoms with E-state index in [1.54, 1.807) is 13.8 Å². The van der Waals surface area contributed by atoms with Crippen molar-refractivity contribution in [3.05, 3.63) is 0 Å². The summed E-state index contributed by atoms with van der Waals surface area (Å²) in [4.78, 5) is 12.4. The Bertz CT molecular complexity index is 320. The Hall–Kier alpha value is -1.04. The predicted octanol–water partition coefficient (Wildman–Crippen LogP) is 3.01. The Morgan fingerprint density at radius 1 is 1.41 bits per heavy atom. The molecule has 17 heavy (non-hydrogen) atoms. The van der Waals surface area contributed by atoms with E-state index >= 15 is 0 Å². The number of hydrogen-bond acceptors (Lipinski definition) is 2. The average molecular weight is 236 g/mol. The molecule has 0 heterocycles. The summed E-state index contributed by atoms with van der Waals surface area (Å²) in [6, 6.07) is 2.13. The van der Waals surface area contributed by atoms with Crippen LogP contribution in [0.25, 0.3) is 0 Å². The van der Waals surface area contributed by atoms with Crippen LogP contribution in [0.2, 0.25) is 0 Å². The van der Waals surface area contributed by atoms with E-state index in [4.69, 9.17) is 5.26 Å². The number of nitrogens with one attached hydrogen (secondary N) is 1. The molecule has 0 aromatic carbocycles. The van der Waals surface area contributed by atoms with Crippen molar-refractivity contribution < 1.29 is 4.79 Å². The Morgan fingerprint density at radius 3 is 2.35 bits per heavy atom. The zero-order valence-corrected chi connectivity index (χ0v) is 11.5. The number of hydrogen-bond donors (Lipinski definition) is 1. The first-order valence-electron chi connectivity index (χ1n) is 6.55. The van der Waals surface area contributed by atoms with E-state index in [9.17, 15) is 4.79 Å². The molecule has 0 aliphatic heterocycles. The molecule has 1 aliphatic rings. The molecule has 1 rings (SSSR count). The van der Waals surface area contributed by atoms with Gasteiger partial charge in [0, 0.05) is 5.41 Å². The van der Waals surface area contributed by atoms with E-state index in [0.717, 1.165) is 32.1 Å². The molecule has 1 aliphatic carbocycles. The van der Waals surface area contributed by atoms with Gasteiger partial charge in [0.2, 0.25) is 5.91 Å². The van der Waals surface area contributed by atoms with Gasteiger partial charge in [0.05, 0.1) is 6.07 Å². The Kier molecular flexibility index (Phi) is 4.19. The standard InChI is InChI=1S/C14H24N2O/c1-11(2)9-14(7-5-6-8-14)12(17)16-13(3,4)10-15/h11H,5-9H2,1-4H3,(H,16,17). The molecule has 0 atom stereocenters. The first-order chi connectivity index (χ1) is 7.81. The molecule has 1 amide bonds. The van der Waals surface area contributed by atoms with Crippen LogP contribution in [0.15, 0.2) is 0 Å². The van der Waals surface area contributed by atoms with Crippen LogP contribution in [0.1, 0.15) is 59.8 Å². The first kappa shape index (κ1) is 14.0. The van der Waals surface area contributed by atoms with Crippen molar-refractivity contribution in [2.45, 2.75) is 65.3 Å². The number of carbonyl (C=O) groups is 1. The highest BCUT2D eigenvalue weighted by atomic mass is 16.2. The third-order valence-electron chi connectivity index (χ3n) is 3.55. The van der Waals surface area contributed by atoms with Gasteiger partial charge in [-0.3, -0.25) is 4.79 Å². The summed E-state index contributed by atoms with van der Waals surface area (Å²) in [5.41, 5.74) is -0.980. The summed E-state index contributed by atoms with van der Waals surface area (Å²) >= 11 is 0. The highest BCUT2D eigenvalue weighted by Crippen LogP contribution is 2.43. The fraction of sp³-hybridized carbons (Fsp3) is 0.857. The lowest BCUT2D eigenvalue weighted by molar-refractivity contribution is -0.133. The van der Waals surface area contributed by atoms with Crippen LogP contribution < -0.4 is 5.32 Å². The van der Waals surface area contributed by atoms with Gasteiger partial charge in [-0.2, -0.15) is 5.26 Å². The molecule has 0 bridgehead atoms. The lowest BCUT2D eigenvalue weighted by Gasteiger charge is -2.32. The van der Waals surface area contributed by atoms with Gasteiger partial charge in [-0.05, 0) is 39.0 Å². The van der Waals surface area contributed by atoms with Crippen molar-refractivity contribution in [2.75, 3.05) is 0 Å². The summed E-state index contributed by atoms with van der Waals surface area (Å²) in [6.07, 6.45) is 5.14. The minimum Gasteiger partial charge on any atom is -0.338 e. The molecule has 0 unspecified atom stereocenters. The molecule has 0 radical (unpaired) electrons. The number of carbonyl (C=O) groups excluding carboxylic acids is 1. The average Bonchev–Trinajstić information content (AvgIpc) is 2.66. The number of rotatable bonds is 4. The largest absolute Gasteiger partial charge is 0.338 e. The fourth-order valence-corrected chi connectivity index (χ4v) is 2.80. The molecule has 0 saturated heterocycles. The molecular weight excluding hydrogens is 212 g/mol. The molecule has 0 aromatic rings. The monoisotopic (exact) mass is 236 g/mol. The summed E-state index contributed by atoms with van der Waals surface area (Å²) in [5.74, 6) is 0.597. The lowest BCUT2D eigenvalue weighted by Crippen LogP contribution is -2.49. The van der Waals surface area contributed by atoms with Crippen LogP contribution in [-0.2, 0) is 4.79 Å². The molecule has 1 saturated carbocycles. The van der Waals surface area contributed by atoms with E-state index in [1.165, 1.54) is 0 Å². The van der Waals surface area contributed by atoms with Crippen LogP contribution in [0, 0.1) is 22.7 Å². The summed E-state index contributed by atoms with van der Waals surface area (Å²) < 4.78 is 0. The molecule has 1 N–H and O–H groups in total. The van der Waals surface area contributed by atoms with Crippen molar-refractivity contribution in [1.29, 1.82) is 5.26 Å². The topological polar surface area (TPSA) is 52.9 Å². The maximum absolute atomic E-state index is 12.4. The van der Waals surface area contributed by atoms with Gasteiger partial charge >= 0.3 is 0 Å². The highest BCUT2D eigenvalue weighted by Gasteiger charge is 2.42. The van der Waals surface area contributed by atoms with Crippen molar-refractivity contribution in [1.82, 2.24) is 5.32 Å². The van der Waals surface area contributed by atoms with Gasteiger partial charge in [0.25, 0.3) is 0 Å². The number of nitrogens with zero attached hydrogens (tertiary/aromatic N) is 1. The minimum atomic E-state index is -0.760. The van der Waals surface area contributed by atoms with E-state index in [2.05, 4.69) is 25.2 Å². The SMILES string of the molecule is CC(C)CC1(C(=O)NC(C)(C)C#N)CCCC1. The van der Waals surface area contributed by atoms with E-state index in [0.29, 0.717) is 5.92 Å². The van der Waals surface area contributed by atoms with Gasteiger partial charge in [0.15, 0.2) is 0 Å². The highest BCUT2D eigenvalue weighted by molar-refractivity contribution is 5.83. The molecule has 1 fully saturated rings. The van der Waals surface area contributed by atoms with Gasteiger partial charge in [-0.1, -0.05) is 26.7 Å². The maximum Gasteiger partial charge on any atom is 0.227 e. The molecule has 96 valence electrons. The molecular formula is C14H24N2O. The third kappa shape index (κ3) is 3.46. The third-order valence-corrected chi connectivity index (χ3v) is 3.55. The first-order valence-corrected chi connectivity index (χ1v) is 6.55. The zero-order chi connectivity index (χ0) is 13.1. The number of nitriles is 1. The van der Waals surface area contributed by atoms with Gasteiger partial charge in [-0.15, -0.1) is 0 Å². The van der Waals surface area contributed by atoms with Crippen LogP contribution in [-0.4, -0.2) is 11.4 Å². The second-order valence-electron chi connectivity index (χ2n) is 6.28. The Morgan fingerprint density at radius 2 is 1.94 bits per heavy atom. The maximum atomic E-state index is 12.4. The van der Waals surface area contributed by atoms with Crippen molar-refractivity contribution in [3.63, 3.8) is 0 Å². The molecule has 0 spiro atoms. The van der Waals surface area contributed by atoms with Crippen molar-refractivity contribution in [2.24, 2.45) is 11.3 Å². The van der Waals surface area contributed by atoms with E-state index in [-0.39, 0.29) is 11.3 Å². The van der Waals surface area contributed by atoms with E-state index in [1.807, 2.05) is 0 Å². The normalized spacial score (nSPS) is 19.1. The summed E-state index contributed by atoms with van der Waals surface area (Å²) in [6.45, 7) is 7.82. The second kappa shape index (κ2) is 5.08. The van der Waals surface area contributed by atoms with Crippen LogP contribution in [0.4, 0.5) is 0 Å². The molecule has 0 aromatic heterocycles. The summed E-state index contributed by atoms with van der Waals surface area (Å²) in [5, 5.41) is 11.9. The number of amides is 1. The Labute approximate surface area is 105 Å². The van der Waals surface area contributed by atoms with Crippen LogP contribution in [0.3, 0.4) is 0 Å². The summed E-state index contributed by atoms with van der Waals surface area (Å²) in [7, 11) is 0. The van der Waals surface area contributed by atoms with Crippen LogP contribution >= 0.6 is 0 Å². The van der Waals surface area contributed by atoms with Gasteiger partial charge < -0.3 is 5.32 Å². The second-order valence-corrected chi connectivity index (χ2v) is 6.28. The predicted molar refractivity (Wildman–Crippen MR) is 68.2 cm³/mol. The van der Waals surface area contributed by atoms with Gasteiger partial charge in [-0.25, -0.2) is 0 Å². The fourth-order valence-electron chi connectivity index (χ4n) is 2.80.